The average molecular weight is 639 g/mol. The summed E-state index contributed by atoms with van der Waals surface area (Å²) in [6, 6.07) is 10.4. The third kappa shape index (κ3) is 7.10. The molecule has 0 bridgehead atoms. The number of morpholine rings is 1. The fraction of sp³-hybridized carbons (Fsp3) is 0.455. The molecule has 1 amide bonds. The largest absolute Gasteiger partial charge is 0.495 e. The van der Waals surface area contributed by atoms with Gasteiger partial charge >= 0.3 is 6.18 Å². The van der Waals surface area contributed by atoms with E-state index < -0.39 is 17.6 Å². The van der Waals surface area contributed by atoms with Crippen LogP contribution < -0.4 is 20.7 Å². The molecule has 0 unspecified atom stereocenters. The van der Waals surface area contributed by atoms with Crippen LogP contribution in [0.2, 0.25) is 0 Å². The highest BCUT2D eigenvalue weighted by Gasteiger charge is 2.36. The van der Waals surface area contributed by atoms with Gasteiger partial charge in [-0.2, -0.15) is 18.2 Å². The summed E-state index contributed by atoms with van der Waals surface area (Å²) in [5.74, 6) is -0.280. The third-order valence-corrected chi connectivity index (χ3v) is 9.04. The van der Waals surface area contributed by atoms with Gasteiger partial charge in [-0.15, -0.1) is 0 Å². The maximum absolute atomic E-state index is 13.9. The number of ketones is 1. The van der Waals surface area contributed by atoms with Crippen LogP contribution in [0.15, 0.2) is 42.6 Å². The Morgan fingerprint density at radius 3 is 2.57 bits per heavy atom. The predicted molar refractivity (Wildman–Crippen MR) is 166 cm³/mol. The lowest BCUT2D eigenvalue weighted by Gasteiger charge is -2.38. The summed E-state index contributed by atoms with van der Waals surface area (Å²) in [6.45, 7) is 4.14. The van der Waals surface area contributed by atoms with E-state index in [0.29, 0.717) is 60.1 Å². The van der Waals surface area contributed by atoms with Gasteiger partial charge in [0.25, 0.3) is 5.91 Å². The average Bonchev–Trinajstić information content (AvgIpc) is 3.45. The molecule has 13 heteroatoms. The number of anilines is 4. The Balaban J connectivity index is 1.12. The lowest BCUT2D eigenvalue weighted by molar-refractivity contribution is -0.137. The van der Waals surface area contributed by atoms with Crippen molar-refractivity contribution in [2.24, 2.45) is 5.92 Å². The number of halogens is 3. The maximum Gasteiger partial charge on any atom is 0.421 e. The van der Waals surface area contributed by atoms with Crippen molar-refractivity contribution in [2.45, 2.75) is 50.7 Å². The van der Waals surface area contributed by atoms with E-state index in [1.807, 2.05) is 0 Å². The van der Waals surface area contributed by atoms with Gasteiger partial charge in [0.05, 0.1) is 31.7 Å². The number of alkyl halides is 3. The molecular formula is C33H37F3N6O4. The predicted octanol–water partition coefficient (Wildman–Crippen LogP) is 5.74. The molecule has 3 aromatic rings. The first kappa shape index (κ1) is 31.7. The van der Waals surface area contributed by atoms with E-state index in [2.05, 4.69) is 30.8 Å². The Morgan fingerprint density at radius 2 is 1.83 bits per heavy atom. The van der Waals surface area contributed by atoms with Gasteiger partial charge in [0.2, 0.25) is 5.95 Å². The zero-order valence-electron chi connectivity index (χ0n) is 25.6. The van der Waals surface area contributed by atoms with E-state index in [0.717, 1.165) is 57.6 Å². The smallest absolute Gasteiger partial charge is 0.421 e. The minimum atomic E-state index is -4.74. The van der Waals surface area contributed by atoms with E-state index in [4.69, 9.17) is 9.47 Å². The minimum absolute atomic E-state index is 0.127. The number of aryl methyl sites for hydroxylation is 1. The summed E-state index contributed by atoms with van der Waals surface area (Å²) in [7, 11) is 1.43. The van der Waals surface area contributed by atoms with Crippen molar-refractivity contribution in [1.82, 2.24) is 20.2 Å². The minimum Gasteiger partial charge on any atom is -0.495 e. The summed E-state index contributed by atoms with van der Waals surface area (Å²) in [6.07, 6.45) is 1.14. The highest BCUT2D eigenvalue weighted by atomic mass is 19.4. The van der Waals surface area contributed by atoms with E-state index in [1.165, 1.54) is 7.11 Å². The number of carbonyl (C=O) groups excluding carboxylic acids is 2. The van der Waals surface area contributed by atoms with Gasteiger partial charge in [-0.25, -0.2) is 4.98 Å². The quantitative estimate of drug-likeness (QED) is 0.270. The maximum atomic E-state index is 13.9. The number of rotatable bonds is 9. The monoisotopic (exact) mass is 638 g/mol. The van der Waals surface area contributed by atoms with Gasteiger partial charge in [-0.1, -0.05) is 12.1 Å². The molecule has 10 nitrogen and oxygen atoms in total. The molecule has 2 aromatic carbocycles. The van der Waals surface area contributed by atoms with Crippen molar-refractivity contribution in [1.29, 1.82) is 0 Å². The van der Waals surface area contributed by atoms with Gasteiger partial charge in [-0.3, -0.25) is 14.5 Å². The standard InChI is InChI=1S/C33H37F3N6O4/c1-45-28-17-22(31(44)37-18-20-5-9-23(10-6-20)42-13-15-46-16-14-42)7-11-25(28)40-32-38-19-24(33(34,35)36)30(41-32)39-26-4-2-3-21-8-12-27(43)29(21)26/h2-4,7,11,17,19-20,23H,5-6,8-10,12-16,18H2,1H3,(H,37,44)(H2,38,39,40,41). The number of methoxy groups -OCH3 is 1. The summed E-state index contributed by atoms with van der Waals surface area (Å²) >= 11 is 0. The number of aromatic nitrogens is 2. The molecule has 0 spiro atoms. The van der Waals surface area contributed by atoms with Crippen molar-refractivity contribution >= 4 is 34.8 Å². The van der Waals surface area contributed by atoms with Crippen LogP contribution in [0.5, 0.6) is 5.75 Å². The Hall–Kier alpha value is -4.23. The number of carbonyl (C=O) groups is 2. The molecule has 46 heavy (non-hydrogen) atoms. The molecule has 3 aliphatic rings. The van der Waals surface area contributed by atoms with E-state index in [1.54, 1.807) is 36.4 Å². The fourth-order valence-electron chi connectivity index (χ4n) is 6.54. The first-order chi connectivity index (χ1) is 22.2. The molecule has 2 fully saturated rings. The second kappa shape index (κ2) is 13.6. The number of benzene rings is 2. The number of nitrogens with one attached hydrogen (secondary N) is 3. The molecular weight excluding hydrogens is 601 g/mol. The lowest BCUT2D eigenvalue weighted by Crippen LogP contribution is -2.45. The van der Waals surface area contributed by atoms with E-state index in [9.17, 15) is 22.8 Å². The number of amides is 1. The Kier molecular flexibility index (Phi) is 9.41. The second-order valence-corrected chi connectivity index (χ2v) is 11.9. The van der Waals surface area contributed by atoms with Gasteiger partial charge in [0, 0.05) is 49.4 Å². The SMILES string of the molecule is COc1cc(C(=O)NCC2CCC(N3CCOCC3)CC2)ccc1Nc1ncc(C(F)(F)F)c(Nc2cccc3c2C(=O)CC3)n1. The first-order valence-electron chi connectivity index (χ1n) is 15.6. The van der Waals surface area contributed by atoms with Crippen LogP contribution in [0.4, 0.5) is 36.3 Å². The number of ether oxygens (including phenoxy) is 2. The van der Waals surface area contributed by atoms with Crippen LogP contribution in [-0.2, 0) is 17.3 Å². The van der Waals surface area contributed by atoms with E-state index in [-0.39, 0.29) is 23.3 Å². The molecule has 6 rings (SSSR count). The Morgan fingerprint density at radius 1 is 1.04 bits per heavy atom. The molecule has 1 saturated heterocycles. The van der Waals surface area contributed by atoms with Gasteiger partial charge < -0.3 is 25.4 Å². The van der Waals surface area contributed by atoms with Crippen LogP contribution in [-0.4, -0.2) is 72.6 Å². The molecule has 0 atom stereocenters. The second-order valence-electron chi connectivity index (χ2n) is 11.9. The van der Waals surface area contributed by atoms with Crippen molar-refractivity contribution < 1.29 is 32.2 Å². The van der Waals surface area contributed by atoms with Crippen molar-refractivity contribution in [2.75, 3.05) is 50.6 Å². The Bertz CT molecular complexity index is 1590. The summed E-state index contributed by atoms with van der Waals surface area (Å²) in [4.78, 5) is 36.0. The first-order valence-corrected chi connectivity index (χ1v) is 15.6. The molecule has 1 aliphatic heterocycles. The van der Waals surface area contributed by atoms with Crippen LogP contribution in [0.1, 0.15) is 63.9 Å². The number of nitrogens with zero attached hydrogens (tertiary/aromatic N) is 3. The number of hydrogen-bond donors (Lipinski definition) is 3. The number of hydrogen-bond acceptors (Lipinski definition) is 9. The fourth-order valence-corrected chi connectivity index (χ4v) is 6.54. The molecule has 2 aliphatic carbocycles. The molecule has 0 radical (unpaired) electrons. The van der Waals surface area contributed by atoms with Crippen LogP contribution in [0.3, 0.4) is 0 Å². The van der Waals surface area contributed by atoms with Crippen molar-refractivity contribution in [3.63, 3.8) is 0 Å². The normalized spacial score (nSPS) is 20.2. The lowest BCUT2D eigenvalue weighted by atomic mass is 9.85. The zero-order chi connectivity index (χ0) is 32.3. The topological polar surface area (TPSA) is 118 Å². The van der Waals surface area contributed by atoms with Crippen LogP contribution in [0.25, 0.3) is 0 Å². The summed E-state index contributed by atoms with van der Waals surface area (Å²) < 4.78 is 52.7. The Labute approximate surface area is 265 Å². The highest BCUT2D eigenvalue weighted by molar-refractivity contribution is 6.05. The van der Waals surface area contributed by atoms with Crippen LogP contribution in [0, 0.1) is 5.92 Å². The highest BCUT2D eigenvalue weighted by Crippen LogP contribution is 2.38. The summed E-state index contributed by atoms with van der Waals surface area (Å²) in [5, 5.41) is 8.67. The molecule has 1 saturated carbocycles. The van der Waals surface area contributed by atoms with Crippen molar-refractivity contribution in [3.05, 3.63) is 64.8 Å². The molecule has 2 heterocycles. The van der Waals surface area contributed by atoms with Gasteiger partial charge in [0.1, 0.15) is 17.1 Å². The van der Waals surface area contributed by atoms with Crippen molar-refractivity contribution in [3.8, 4) is 5.75 Å². The number of fused-ring (bicyclic) bond motifs is 1. The summed E-state index contributed by atoms with van der Waals surface area (Å²) in [5.41, 5.74) is 1.09. The van der Waals surface area contributed by atoms with Gasteiger partial charge in [-0.05, 0) is 67.9 Å². The molecule has 3 N–H and O–H groups in total. The third-order valence-electron chi connectivity index (χ3n) is 9.04. The van der Waals surface area contributed by atoms with Gasteiger partial charge in [0.15, 0.2) is 5.78 Å². The zero-order valence-corrected chi connectivity index (χ0v) is 25.6. The van der Waals surface area contributed by atoms with Crippen LogP contribution >= 0.6 is 0 Å². The van der Waals surface area contributed by atoms with E-state index >= 15 is 0 Å². The molecule has 244 valence electrons. The number of Topliss-reactive ketones (excluding diaryl/α,β-unsaturated/α-hetero) is 1. The molecule has 1 aromatic heterocycles.